The molecule has 53 heavy (non-hydrogen) atoms. The summed E-state index contributed by atoms with van der Waals surface area (Å²) in [6.45, 7) is 7.37. The van der Waals surface area contributed by atoms with Crippen LogP contribution < -0.4 is 10.2 Å². The fraction of sp³-hybridized carbons (Fsp3) is 0.474. The van der Waals surface area contributed by atoms with Crippen molar-refractivity contribution in [2.75, 3.05) is 64.8 Å². The average Bonchev–Trinajstić information content (AvgIpc) is 3.67. The molecule has 2 aliphatic rings. The van der Waals surface area contributed by atoms with E-state index >= 15 is 0 Å². The number of methoxy groups -OCH3 is 2. The van der Waals surface area contributed by atoms with Crippen LogP contribution >= 0.6 is 0 Å². The van der Waals surface area contributed by atoms with Crippen molar-refractivity contribution in [2.24, 2.45) is 0 Å². The topological polar surface area (TPSA) is 143 Å². The van der Waals surface area contributed by atoms with Gasteiger partial charge in [-0.3, -0.25) is 9.20 Å². The van der Waals surface area contributed by atoms with Crippen LogP contribution in [0.25, 0.3) is 16.9 Å². The second kappa shape index (κ2) is 15.4. The Kier molecular flexibility index (Phi) is 11.0. The number of rotatable bonds is 12. The summed E-state index contributed by atoms with van der Waals surface area (Å²) in [6.07, 6.45) is 2.99. The van der Waals surface area contributed by atoms with Crippen LogP contribution in [0.4, 0.5) is 26.4 Å². The minimum atomic E-state index is -0.967. The second-order valence-corrected chi connectivity index (χ2v) is 14.8. The highest BCUT2D eigenvalue weighted by molar-refractivity contribution is 6.11. The van der Waals surface area contributed by atoms with Gasteiger partial charge in [0.2, 0.25) is 0 Å². The van der Waals surface area contributed by atoms with E-state index in [9.17, 15) is 19.1 Å². The summed E-state index contributed by atoms with van der Waals surface area (Å²) in [5.74, 6) is -0.403. The third kappa shape index (κ3) is 8.44. The molecule has 2 amide bonds. The molecular formula is C38H48FN7O7. The molecule has 0 radical (unpaired) electrons. The van der Waals surface area contributed by atoms with Gasteiger partial charge in [-0.1, -0.05) is 6.07 Å². The van der Waals surface area contributed by atoms with E-state index in [1.54, 1.807) is 57.9 Å². The molecule has 1 aromatic carbocycles. The van der Waals surface area contributed by atoms with Crippen molar-refractivity contribution < 1.29 is 38.0 Å². The number of piperidine rings is 1. The summed E-state index contributed by atoms with van der Waals surface area (Å²) in [4.78, 5) is 42.1. The SMILES string of the molecule is COC(COCC1(O)CCN(c2ccc(Nc3ccc(-c4cnc5cc(F)ccn45)c4c3C(=O)N(C(=O)OC(C)(C)C)C4)nc2CN(C)C)CC1)OC. The van der Waals surface area contributed by atoms with Crippen LogP contribution in [0, 0.1) is 5.82 Å². The highest BCUT2D eigenvalue weighted by Crippen LogP contribution is 2.39. The van der Waals surface area contributed by atoms with Crippen LogP contribution in [0.1, 0.15) is 55.2 Å². The van der Waals surface area contributed by atoms with E-state index in [-0.39, 0.29) is 19.8 Å². The molecule has 1 fully saturated rings. The number of hydrogen-bond donors (Lipinski definition) is 2. The van der Waals surface area contributed by atoms with E-state index in [1.165, 1.54) is 12.1 Å². The number of aliphatic hydroxyl groups is 1. The first-order valence-corrected chi connectivity index (χ1v) is 17.5. The second-order valence-electron chi connectivity index (χ2n) is 14.8. The number of nitrogens with zero attached hydrogens (tertiary/aromatic N) is 6. The first-order chi connectivity index (χ1) is 25.2. The summed E-state index contributed by atoms with van der Waals surface area (Å²) in [6, 6.07) is 10.2. The number of ether oxygens (including phenoxy) is 4. The summed E-state index contributed by atoms with van der Waals surface area (Å²) < 4.78 is 37.4. The number of aromatic nitrogens is 3. The van der Waals surface area contributed by atoms with Crippen molar-refractivity contribution in [3.8, 4) is 11.3 Å². The summed E-state index contributed by atoms with van der Waals surface area (Å²) in [5.41, 5.74) is 3.11. The minimum absolute atomic E-state index is 0.0215. The Hall–Kier alpha value is -4.67. The van der Waals surface area contributed by atoms with E-state index in [0.717, 1.165) is 16.3 Å². The van der Waals surface area contributed by atoms with Gasteiger partial charge in [-0.15, -0.1) is 0 Å². The largest absolute Gasteiger partial charge is 0.443 e. The molecule has 1 saturated heterocycles. The average molecular weight is 734 g/mol. The molecule has 0 unspecified atom stereocenters. The molecule has 0 spiro atoms. The molecule has 0 bridgehead atoms. The van der Waals surface area contributed by atoms with Gasteiger partial charge in [0, 0.05) is 51.7 Å². The first kappa shape index (κ1) is 38.1. The van der Waals surface area contributed by atoms with Gasteiger partial charge >= 0.3 is 6.09 Å². The molecule has 284 valence electrons. The number of pyridine rings is 2. The zero-order chi connectivity index (χ0) is 38.1. The number of carbonyl (C=O) groups excluding carboxylic acids is 2. The third-order valence-corrected chi connectivity index (χ3v) is 9.32. The zero-order valence-electron chi connectivity index (χ0n) is 31.3. The Morgan fingerprint density at radius 2 is 1.85 bits per heavy atom. The number of imidazole rings is 1. The fourth-order valence-electron chi connectivity index (χ4n) is 6.68. The van der Waals surface area contributed by atoms with Gasteiger partial charge in [-0.25, -0.2) is 24.1 Å². The Morgan fingerprint density at radius 3 is 2.53 bits per heavy atom. The summed E-state index contributed by atoms with van der Waals surface area (Å²) in [5, 5.41) is 14.6. The quantitative estimate of drug-likeness (QED) is 0.185. The molecule has 3 aromatic heterocycles. The third-order valence-electron chi connectivity index (χ3n) is 9.32. The van der Waals surface area contributed by atoms with Crippen LogP contribution in [0.2, 0.25) is 0 Å². The van der Waals surface area contributed by atoms with Crippen molar-refractivity contribution in [3.63, 3.8) is 0 Å². The van der Waals surface area contributed by atoms with E-state index in [0.29, 0.717) is 72.0 Å². The van der Waals surface area contributed by atoms with Crippen molar-refractivity contribution in [1.82, 2.24) is 24.2 Å². The fourth-order valence-corrected chi connectivity index (χ4v) is 6.68. The number of benzene rings is 1. The molecule has 14 nitrogen and oxygen atoms in total. The lowest BCUT2D eigenvalue weighted by atomic mass is 9.92. The lowest BCUT2D eigenvalue weighted by Crippen LogP contribution is -2.48. The zero-order valence-corrected chi connectivity index (χ0v) is 31.3. The van der Waals surface area contributed by atoms with Crippen molar-refractivity contribution >= 4 is 34.8 Å². The van der Waals surface area contributed by atoms with E-state index in [4.69, 9.17) is 23.9 Å². The number of carbonyl (C=O) groups is 2. The molecule has 4 aromatic rings. The molecule has 5 heterocycles. The molecule has 0 aliphatic carbocycles. The van der Waals surface area contributed by atoms with Gasteiger partial charge in [0.05, 0.1) is 59.9 Å². The number of imide groups is 1. The molecular weight excluding hydrogens is 685 g/mol. The monoisotopic (exact) mass is 733 g/mol. The number of hydrogen-bond acceptors (Lipinski definition) is 12. The molecule has 6 rings (SSSR count). The van der Waals surface area contributed by atoms with Crippen LogP contribution in [0.5, 0.6) is 0 Å². The van der Waals surface area contributed by atoms with Gasteiger partial charge in [0.15, 0.2) is 6.29 Å². The summed E-state index contributed by atoms with van der Waals surface area (Å²) in [7, 11) is 7.02. The maximum absolute atomic E-state index is 14.1. The normalized spacial score (nSPS) is 15.9. The number of amides is 2. The predicted octanol–water partition coefficient (Wildman–Crippen LogP) is 5.20. The molecule has 2 aliphatic heterocycles. The highest BCUT2D eigenvalue weighted by atomic mass is 19.1. The van der Waals surface area contributed by atoms with E-state index < -0.39 is 35.3 Å². The first-order valence-electron chi connectivity index (χ1n) is 17.5. The van der Waals surface area contributed by atoms with Gasteiger partial charge in [0.25, 0.3) is 5.91 Å². The number of nitrogens with one attached hydrogen (secondary N) is 1. The highest BCUT2D eigenvalue weighted by Gasteiger charge is 2.39. The molecule has 15 heteroatoms. The smallest absolute Gasteiger partial charge is 0.417 e. The van der Waals surface area contributed by atoms with Crippen molar-refractivity contribution in [2.45, 2.75) is 64.2 Å². The number of halogens is 1. The Morgan fingerprint density at radius 1 is 1.11 bits per heavy atom. The van der Waals surface area contributed by atoms with Gasteiger partial charge in [-0.2, -0.15) is 0 Å². The number of fused-ring (bicyclic) bond motifs is 2. The van der Waals surface area contributed by atoms with Gasteiger partial charge < -0.3 is 39.2 Å². The lowest BCUT2D eigenvalue weighted by molar-refractivity contribution is -0.157. The molecule has 0 saturated carbocycles. The Labute approximate surface area is 308 Å². The lowest BCUT2D eigenvalue weighted by Gasteiger charge is -2.39. The number of anilines is 3. The van der Waals surface area contributed by atoms with Crippen LogP contribution in [0.3, 0.4) is 0 Å². The molecule has 0 atom stereocenters. The maximum atomic E-state index is 14.1. The van der Waals surface area contributed by atoms with Crippen molar-refractivity contribution in [3.05, 3.63) is 71.4 Å². The van der Waals surface area contributed by atoms with Crippen molar-refractivity contribution in [1.29, 1.82) is 0 Å². The van der Waals surface area contributed by atoms with Crippen LogP contribution in [-0.4, -0.2) is 113 Å². The predicted molar refractivity (Wildman–Crippen MR) is 197 cm³/mol. The Bertz CT molecular complexity index is 1970. The maximum Gasteiger partial charge on any atom is 0.417 e. The van der Waals surface area contributed by atoms with Crippen LogP contribution in [0.15, 0.2) is 48.8 Å². The molecule has 2 N–H and O–H groups in total. The standard InChI is InChI=1S/C38H48FN7O7/c1-37(2,3)53-36(48)46-20-26-25(30-19-40-32-18-24(39)12-15-45(30)32)8-9-27(34(26)35(46)47)41-31-11-10-29(28(42-31)21-43(4)5)44-16-13-38(49,14-17-44)23-52-22-33(50-6)51-7/h8-12,15,18-19,33,49H,13-14,16-17,20-23H2,1-7H3,(H,41,42). The van der Waals surface area contributed by atoms with E-state index in [2.05, 4.69) is 15.2 Å². The van der Waals surface area contributed by atoms with Gasteiger partial charge in [-0.05, 0) is 77.5 Å². The summed E-state index contributed by atoms with van der Waals surface area (Å²) >= 11 is 0. The van der Waals surface area contributed by atoms with Crippen LogP contribution in [-0.2, 0) is 32.0 Å². The van der Waals surface area contributed by atoms with E-state index in [1.807, 2.05) is 37.2 Å². The van der Waals surface area contributed by atoms with Gasteiger partial charge in [0.1, 0.15) is 22.9 Å². The minimum Gasteiger partial charge on any atom is -0.443 e. The Balaban J connectivity index is 1.28.